The van der Waals surface area contributed by atoms with E-state index in [1.165, 1.54) is 0 Å². The average Bonchev–Trinajstić information content (AvgIpc) is 2.70. The van der Waals surface area contributed by atoms with Crippen molar-refractivity contribution in [3.8, 4) is 11.5 Å². The number of ether oxygens (including phenoxy) is 2. The fourth-order valence-electron chi connectivity index (χ4n) is 3.00. The first-order valence-corrected chi connectivity index (χ1v) is 11.0. The van der Waals surface area contributed by atoms with Gasteiger partial charge in [0.05, 0.1) is 12.1 Å². The molecule has 0 fully saturated rings. The van der Waals surface area contributed by atoms with Gasteiger partial charge in [0.2, 0.25) is 0 Å². The van der Waals surface area contributed by atoms with E-state index in [0.717, 1.165) is 50.3 Å². The second-order valence-electron chi connectivity index (χ2n) is 6.69. The normalized spacial score (nSPS) is 10.4. The maximum atomic E-state index is 6.47. The lowest BCUT2D eigenvalue weighted by Gasteiger charge is -2.18. The van der Waals surface area contributed by atoms with Crippen LogP contribution in [0.2, 0.25) is 15.1 Å². The van der Waals surface area contributed by atoms with Crippen LogP contribution in [0.1, 0.15) is 31.4 Å². The summed E-state index contributed by atoms with van der Waals surface area (Å²) in [7, 11) is 1.61. The number of hydrogen-bond acceptors (Lipinski definition) is 4. The van der Waals surface area contributed by atoms with Gasteiger partial charge in [-0.2, -0.15) is 0 Å². The topological polar surface area (TPSA) is 33.7 Å². The van der Waals surface area contributed by atoms with E-state index >= 15 is 0 Å². The monoisotopic (exact) mass is 530 g/mol. The van der Waals surface area contributed by atoms with E-state index in [1.54, 1.807) is 19.2 Å². The number of rotatable bonds is 12. The van der Waals surface area contributed by atoms with Gasteiger partial charge in [0.1, 0.15) is 6.61 Å². The van der Waals surface area contributed by atoms with Gasteiger partial charge in [-0.1, -0.05) is 54.7 Å². The molecule has 176 valence electrons. The van der Waals surface area contributed by atoms with E-state index in [9.17, 15) is 0 Å². The summed E-state index contributed by atoms with van der Waals surface area (Å²) in [6.07, 6.45) is 1.11. The predicted molar refractivity (Wildman–Crippen MR) is 137 cm³/mol. The minimum Gasteiger partial charge on any atom is -0.493 e. The van der Waals surface area contributed by atoms with Crippen molar-refractivity contribution in [3.05, 3.63) is 56.5 Å². The minimum atomic E-state index is 0. The number of halogens is 5. The van der Waals surface area contributed by atoms with Crippen molar-refractivity contribution < 1.29 is 9.47 Å². The van der Waals surface area contributed by atoms with Gasteiger partial charge in [-0.15, -0.1) is 24.8 Å². The number of benzene rings is 2. The van der Waals surface area contributed by atoms with Crippen LogP contribution in [0.3, 0.4) is 0 Å². The Morgan fingerprint density at radius 1 is 0.968 bits per heavy atom. The molecule has 0 bridgehead atoms. The van der Waals surface area contributed by atoms with Crippen LogP contribution < -0.4 is 14.8 Å². The van der Waals surface area contributed by atoms with E-state index in [1.807, 2.05) is 18.2 Å². The van der Waals surface area contributed by atoms with Gasteiger partial charge in [-0.25, -0.2) is 0 Å². The molecule has 2 rings (SSSR count). The molecular formula is C22H31Cl5N2O2. The van der Waals surface area contributed by atoms with Gasteiger partial charge in [0.15, 0.2) is 11.5 Å². The molecule has 0 aliphatic carbocycles. The molecule has 2 aromatic rings. The lowest BCUT2D eigenvalue weighted by atomic mass is 10.2. The predicted octanol–water partition coefficient (Wildman–Crippen LogP) is 6.90. The zero-order valence-corrected chi connectivity index (χ0v) is 22.0. The fraction of sp³-hybridized carbons (Fsp3) is 0.455. The first-order chi connectivity index (χ1) is 14.0. The van der Waals surface area contributed by atoms with E-state index in [-0.39, 0.29) is 31.4 Å². The quantitative estimate of drug-likeness (QED) is 0.302. The molecule has 0 radical (unpaired) electrons. The Morgan fingerprint density at radius 2 is 1.68 bits per heavy atom. The summed E-state index contributed by atoms with van der Waals surface area (Å²) in [5, 5.41) is 5.11. The SMILES string of the molecule is CCN(CC)CCCNCc1cc(Cl)c(OCc2ccc(Cl)cc2Cl)c(OC)c1.Cl.Cl. The molecule has 9 heteroatoms. The highest BCUT2D eigenvalue weighted by Gasteiger charge is 2.13. The number of nitrogens with one attached hydrogen (secondary N) is 1. The molecule has 0 aliphatic rings. The van der Waals surface area contributed by atoms with Crippen molar-refractivity contribution in [1.29, 1.82) is 0 Å². The molecule has 0 unspecified atom stereocenters. The van der Waals surface area contributed by atoms with Crippen LogP contribution >= 0.6 is 59.6 Å². The average molecular weight is 533 g/mol. The van der Waals surface area contributed by atoms with Crippen LogP contribution in [-0.2, 0) is 13.2 Å². The number of nitrogens with zero attached hydrogens (tertiary/aromatic N) is 1. The summed E-state index contributed by atoms with van der Waals surface area (Å²) in [6.45, 7) is 9.60. The second kappa shape index (κ2) is 16.1. The Labute approximate surface area is 213 Å². The second-order valence-corrected chi connectivity index (χ2v) is 7.94. The van der Waals surface area contributed by atoms with Crippen molar-refractivity contribution in [3.63, 3.8) is 0 Å². The molecule has 0 saturated carbocycles. The fourth-order valence-corrected chi connectivity index (χ4v) is 3.76. The van der Waals surface area contributed by atoms with Crippen molar-refractivity contribution in [1.82, 2.24) is 10.2 Å². The van der Waals surface area contributed by atoms with Gasteiger partial charge in [-0.05, 0) is 62.4 Å². The van der Waals surface area contributed by atoms with Gasteiger partial charge in [0.25, 0.3) is 0 Å². The van der Waals surface area contributed by atoms with Crippen LogP contribution in [0.5, 0.6) is 11.5 Å². The number of hydrogen-bond donors (Lipinski definition) is 1. The Morgan fingerprint density at radius 3 is 2.29 bits per heavy atom. The largest absolute Gasteiger partial charge is 0.493 e. The maximum Gasteiger partial charge on any atom is 0.180 e. The summed E-state index contributed by atoms with van der Waals surface area (Å²) in [4.78, 5) is 2.42. The van der Waals surface area contributed by atoms with Gasteiger partial charge >= 0.3 is 0 Å². The van der Waals surface area contributed by atoms with Crippen molar-refractivity contribution in [2.75, 3.05) is 33.3 Å². The summed E-state index contributed by atoms with van der Waals surface area (Å²) >= 11 is 18.6. The maximum absolute atomic E-state index is 6.47. The molecule has 0 saturated heterocycles. The molecule has 31 heavy (non-hydrogen) atoms. The van der Waals surface area contributed by atoms with Crippen LogP contribution in [0.25, 0.3) is 0 Å². The molecule has 0 aromatic heterocycles. The molecule has 0 atom stereocenters. The lowest BCUT2D eigenvalue weighted by molar-refractivity contribution is 0.284. The van der Waals surface area contributed by atoms with Crippen molar-refractivity contribution in [2.24, 2.45) is 0 Å². The van der Waals surface area contributed by atoms with E-state index < -0.39 is 0 Å². The molecule has 0 heterocycles. The third-order valence-electron chi connectivity index (χ3n) is 4.73. The molecule has 0 spiro atoms. The van der Waals surface area contributed by atoms with Crippen LogP contribution in [0.4, 0.5) is 0 Å². The summed E-state index contributed by atoms with van der Waals surface area (Å²) in [5.74, 6) is 1.10. The van der Waals surface area contributed by atoms with Crippen LogP contribution in [0, 0.1) is 0 Å². The molecule has 2 aromatic carbocycles. The Balaban J connectivity index is 0.00000450. The minimum absolute atomic E-state index is 0. The number of methoxy groups -OCH3 is 1. The van der Waals surface area contributed by atoms with Crippen LogP contribution in [0.15, 0.2) is 30.3 Å². The molecule has 4 nitrogen and oxygen atoms in total. The zero-order valence-electron chi connectivity index (χ0n) is 18.1. The van der Waals surface area contributed by atoms with Gasteiger partial charge < -0.3 is 19.7 Å². The zero-order chi connectivity index (χ0) is 21.2. The van der Waals surface area contributed by atoms with E-state index in [2.05, 4.69) is 24.1 Å². The van der Waals surface area contributed by atoms with Gasteiger partial charge in [0, 0.05) is 22.2 Å². The summed E-state index contributed by atoms with van der Waals surface area (Å²) in [5.41, 5.74) is 1.87. The standard InChI is InChI=1S/C22H29Cl3N2O2.2ClH/c1-4-27(5-2)10-6-9-26-14-16-11-20(25)22(21(12-16)28-3)29-15-17-7-8-18(23)13-19(17)24;;/h7-8,11-13,26H,4-6,9-10,14-15H2,1-3H3;2*1H. The third-order valence-corrected chi connectivity index (χ3v) is 5.60. The Hall–Kier alpha value is -0.590. The molecule has 0 amide bonds. The summed E-state index contributed by atoms with van der Waals surface area (Å²) < 4.78 is 11.4. The molecular weight excluding hydrogens is 502 g/mol. The highest BCUT2D eigenvalue weighted by molar-refractivity contribution is 6.35. The third kappa shape index (κ3) is 9.83. The van der Waals surface area contributed by atoms with Crippen molar-refractivity contribution in [2.45, 2.75) is 33.4 Å². The molecule has 0 aliphatic heterocycles. The smallest absolute Gasteiger partial charge is 0.180 e. The highest BCUT2D eigenvalue weighted by Crippen LogP contribution is 2.37. The van der Waals surface area contributed by atoms with Crippen LogP contribution in [-0.4, -0.2) is 38.2 Å². The Kier molecular flexibility index (Phi) is 15.8. The summed E-state index contributed by atoms with van der Waals surface area (Å²) in [6, 6.07) is 9.15. The van der Waals surface area contributed by atoms with Crippen molar-refractivity contribution >= 4 is 59.6 Å². The van der Waals surface area contributed by atoms with Gasteiger partial charge in [-0.3, -0.25) is 0 Å². The highest BCUT2D eigenvalue weighted by atomic mass is 35.5. The first-order valence-electron chi connectivity index (χ1n) is 9.84. The lowest BCUT2D eigenvalue weighted by Crippen LogP contribution is -2.27. The van der Waals surface area contributed by atoms with E-state index in [4.69, 9.17) is 44.3 Å². The van der Waals surface area contributed by atoms with E-state index in [0.29, 0.717) is 26.6 Å². The first kappa shape index (κ1) is 30.4. The molecule has 1 N–H and O–H groups in total. The Bertz CT molecular complexity index is 789.